The number of halogens is 1. The molecule has 0 radical (unpaired) electrons. The Bertz CT molecular complexity index is 889. The molecule has 0 unspecified atom stereocenters. The highest BCUT2D eigenvalue weighted by Gasteiger charge is 2.09. The summed E-state index contributed by atoms with van der Waals surface area (Å²) in [7, 11) is 3.18. The minimum atomic E-state index is -0.135. The number of fused-ring (bicyclic) bond motifs is 1. The number of benzene rings is 2. The predicted molar refractivity (Wildman–Crippen MR) is 95.1 cm³/mol. The van der Waals surface area contributed by atoms with E-state index >= 15 is 0 Å². The first-order chi connectivity index (χ1) is 11.6. The lowest BCUT2D eigenvalue weighted by atomic mass is 10.2. The molecule has 3 aromatic rings. The van der Waals surface area contributed by atoms with E-state index in [-0.39, 0.29) is 12.5 Å². The van der Waals surface area contributed by atoms with Crippen LogP contribution in [0.3, 0.4) is 0 Å². The molecule has 1 heterocycles. The molecule has 0 atom stereocenters. The predicted octanol–water partition coefficient (Wildman–Crippen LogP) is 3.95. The van der Waals surface area contributed by atoms with Crippen molar-refractivity contribution in [2.75, 3.05) is 19.5 Å². The zero-order chi connectivity index (χ0) is 17.1. The van der Waals surface area contributed by atoms with Gasteiger partial charge in [-0.2, -0.15) is 0 Å². The number of hydrogen-bond donors (Lipinski definition) is 1. The lowest BCUT2D eigenvalue weighted by molar-refractivity contribution is -0.116. The first-order valence-corrected chi connectivity index (χ1v) is 7.75. The van der Waals surface area contributed by atoms with Gasteiger partial charge in [0.2, 0.25) is 5.91 Å². The maximum atomic E-state index is 12.3. The van der Waals surface area contributed by atoms with Crippen molar-refractivity contribution in [3.05, 3.63) is 53.7 Å². The molecule has 0 fully saturated rings. The van der Waals surface area contributed by atoms with Gasteiger partial charge in [0.15, 0.2) is 0 Å². The lowest BCUT2D eigenvalue weighted by Gasteiger charge is -2.09. The second-order valence-corrected chi connectivity index (χ2v) is 5.67. The Morgan fingerprint density at radius 1 is 1.12 bits per heavy atom. The largest absolute Gasteiger partial charge is 0.497 e. The standard InChI is InChI=1S/C18H17ClN2O3/c1-23-14-4-5-16-12(9-14)7-8-21(16)11-18(22)20-13-3-6-17(24-2)15(19)10-13/h3-10H,11H2,1-2H3,(H,20,22). The molecule has 0 bridgehead atoms. The van der Waals surface area contributed by atoms with Crippen LogP contribution >= 0.6 is 11.6 Å². The number of methoxy groups -OCH3 is 2. The van der Waals surface area contributed by atoms with Crippen LogP contribution in [0.2, 0.25) is 5.02 Å². The third-order valence-electron chi connectivity index (χ3n) is 3.73. The van der Waals surface area contributed by atoms with Gasteiger partial charge >= 0.3 is 0 Å². The van der Waals surface area contributed by atoms with Crippen molar-refractivity contribution in [3.8, 4) is 11.5 Å². The summed E-state index contributed by atoms with van der Waals surface area (Å²) in [6, 6.07) is 12.8. The highest BCUT2D eigenvalue weighted by Crippen LogP contribution is 2.27. The number of nitrogens with one attached hydrogen (secondary N) is 1. The molecule has 24 heavy (non-hydrogen) atoms. The number of amides is 1. The quantitative estimate of drug-likeness (QED) is 0.762. The molecule has 0 aliphatic heterocycles. The molecule has 0 aliphatic carbocycles. The molecule has 0 saturated heterocycles. The Labute approximate surface area is 144 Å². The SMILES string of the molecule is COc1ccc2c(ccn2CC(=O)Nc2ccc(OC)c(Cl)c2)c1. The van der Waals surface area contributed by atoms with E-state index in [1.165, 1.54) is 0 Å². The summed E-state index contributed by atoms with van der Waals surface area (Å²) < 4.78 is 12.2. The average Bonchev–Trinajstić information content (AvgIpc) is 2.97. The van der Waals surface area contributed by atoms with Crippen LogP contribution in [0.4, 0.5) is 5.69 Å². The van der Waals surface area contributed by atoms with Crippen LogP contribution in [0.25, 0.3) is 10.9 Å². The van der Waals surface area contributed by atoms with Crippen LogP contribution in [0, 0.1) is 0 Å². The molecule has 1 N–H and O–H groups in total. The van der Waals surface area contributed by atoms with Gasteiger partial charge in [-0.25, -0.2) is 0 Å². The fourth-order valence-corrected chi connectivity index (χ4v) is 2.80. The van der Waals surface area contributed by atoms with Crippen molar-refractivity contribution < 1.29 is 14.3 Å². The van der Waals surface area contributed by atoms with Crippen molar-refractivity contribution in [2.45, 2.75) is 6.54 Å². The van der Waals surface area contributed by atoms with Crippen LogP contribution in [0.15, 0.2) is 48.7 Å². The summed E-state index contributed by atoms with van der Waals surface area (Å²) >= 11 is 6.07. The first-order valence-electron chi connectivity index (χ1n) is 7.37. The van der Waals surface area contributed by atoms with Crippen molar-refractivity contribution >= 4 is 34.1 Å². The Balaban J connectivity index is 1.74. The normalized spacial score (nSPS) is 10.6. The van der Waals surface area contributed by atoms with Gasteiger partial charge < -0.3 is 19.4 Å². The summed E-state index contributed by atoms with van der Waals surface area (Å²) in [6.07, 6.45) is 1.88. The monoisotopic (exact) mass is 344 g/mol. The molecule has 2 aromatic carbocycles. The van der Waals surface area contributed by atoms with Gasteiger partial charge in [0.1, 0.15) is 18.0 Å². The highest BCUT2D eigenvalue weighted by atomic mass is 35.5. The molecule has 1 aromatic heterocycles. The minimum Gasteiger partial charge on any atom is -0.497 e. The Kier molecular flexibility index (Phi) is 4.62. The number of ether oxygens (including phenoxy) is 2. The van der Waals surface area contributed by atoms with E-state index in [0.717, 1.165) is 16.7 Å². The molecule has 124 valence electrons. The molecule has 1 amide bonds. The fourth-order valence-electron chi connectivity index (χ4n) is 2.54. The molecule has 0 saturated carbocycles. The van der Waals surface area contributed by atoms with Crippen LogP contribution in [-0.2, 0) is 11.3 Å². The second-order valence-electron chi connectivity index (χ2n) is 5.27. The number of nitrogens with zero attached hydrogens (tertiary/aromatic N) is 1. The molecular formula is C18H17ClN2O3. The van der Waals surface area contributed by atoms with Crippen LogP contribution in [-0.4, -0.2) is 24.7 Å². The Morgan fingerprint density at radius 3 is 2.67 bits per heavy atom. The number of aromatic nitrogens is 1. The molecular weight excluding hydrogens is 328 g/mol. The maximum absolute atomic E-state index is 12.3. The number of carbonyl (C=O) groups is 1. The Morgan fingerprint density at radius 2 is 1.96 bits per heavy atom. The van der Waals surface area contributed by atoms with E-state index in [2.05, 4.69) is 5.32 Å². The van der Waals surface area contributed by atoms with Crippen molar-refractivity contribution in [3.63, 3.8) is 0 Å². The third kappa shape index (κ3) is 3.31. The lowest BCUT2D eigenvalue weighted by Crippen LogP contribution is -2.18. The van der Waals surface area contributed by atoms with Gasteiger partial charge in [-0.3, -0.25) is 4.79 Å². The molecule has 5 nitrogen and oxygen atoms in total. The topological polar surface area (TPSA) is 52.5 Å². The van der Waals surface area contributed by atoms with Crippen molar-refractivity contribution in [2.24, 2.45) is 0 Å². The molecule has 3 rings (SSSR count). The van der Waals surface area contributed by atoms with E-state index in [4.69, 9.17) is 21.1 Å². The summed E-state index contributed by atoms with van der Waals surface area (Å²) in [6.45, 7) is 0.208. The fraction of sp³-hybridized carbons (Fsp3) is 0.167. The summed E-state index contributed by atoms with van der Waals surface area (Å²) in [5.74, 6) is 1.22. The van der Waals surface area contributed by atoms with Crippen molar-refractivity contribution in [1.29, 1.82) is 0 Å². The minimum absolute atomic E-state index is 0.135. The smallest absolute Gasteiger partial charge is 0.244 e. The van der Waals surface area contributed by atoms with Gasteiger partial charge in [0.25, 0.3) is 0 Å². The van der Waals surface area contributed by atoms with Gasteiger partial charge in [0, 0.05) is 22.8 Å². The van der Waals surface area contributed by atoms with Gasteiger partial charge in [-0.1, -0.05) is 11.6 Å². The summed E-state index contributed by atoms with van der Waals surface area (Å²) in [4.78, 5) is 12.3. The molecule has 0 aliphatic rings. The number of carbonyl (C=O) groups excluding carboxylic acids is 1. The van der Waals surface area contributed by atoms with Crippen LogP contribution in [0.5, 0.6) is 11.5 Å². The second kappa shape index (κ2) is 6.84. The molecule has 6 heteroatoms. The Hall–Kier alpha value is -2.66. The van der Waals surface area contributed by atoms with Gasteiger partial charge in [-0.05, 0) is 42.5 Å². The number of anilines is 1. The van der Waals surface area contributed by atoms with Gasteiger partial charge in [-0.15, -0.1) is 0 Å². The summed E-state index contributed by atoms with van der Waals surface area (Å²) in [5.41, 5.74) is 1.60. The highest BCUT2D eigenvalue weighted by molar-refractivity contribution is 6.32. The summed E-state index contributed by atoms with van der Waals surface area (Å²) in [5, 5.41) is 4.31. The molecule has 0 spiro atoms. The zero-order valence-corrected chi connectivity index (χ0v) is 14.1. The third-order valence-corrected chi connectivity index (χ3v) is 4.02. The first kappa shape index (κ1) is 16.2. The van der Waals surface area contributed by atoms with Crippen LogP contribution < -0.4 is 14.8 Å². The average molecular weight is 345 g/mol. The van der Waals surface area contributed by atoms with E-state index in [0.29, 0.717) is 16.5 Å². The van der Waals surface area contributed by atoms with E-state index in [1.54, 1.807) is 32.4 Å². The number of rotatable bonds is 5. The van der Waals surface area contributed by atoms with Crippen molar-refractivity contribution in [1.82, 2.24) is 4.57 Å². The number of hydrogen-bond acceptors (Lipinski definition) is 3. The van der Waals surface area contributed by atoms with E-state index < -0.39 is 0 Å². The van der Waals surface area contributed by atoms with E-state index in [1.807, 2.05) is 35.0 Å². The van der Waals surface area contributed by atoms with E-state index in [9.17, 15) is 4.79 Å². The van der Waals surface area contributed by atoms with Crippen LogP contribution in [0.1, 0.15) is 0 Å². The maximum Gasteiger partial charge on any atom is 0.244 e. The zero-order valence-electron chi connectivity index (χ0n) is 13.4. The van der Waals surface area contributed by atoms with Gasteiger partial charge in [0.05, 0.1) is 19.2 Å².